The normalized spacial score (nSPS) is 29.1. The maximum atomic E-state index is 7.43. The highest BCUT2D eigenvalue weighted by Crippen LogP contribution is 2.14. The summed E-state index contributed by atoms with van der Waals surface area (Å²) in [5.41, 5.74) is -3.10. The Hall–Kier alpha value is -0.310. The first-order valence-electron chi connectivity index (χ1n) is 6.97. The molecule has 0 aliphatic heterocycles. The van der Waals surface area contributed by atoms with Crippen LogP contribution in [0.5, 0.6) is 0 Å². The van der Waals surface area contributed by atoms with Gasteiger partial charge in [0, 0.05) is 18.5 Å². The molecule has 0 bridgehead atoms. The van der Waals surface area contributed by atoms with E-state index in [0.717, 1.165) is 6.20 Å². The molecule has 56 valence electrons. The molecule has 1 heterocycles. The van der Waals surface area contributed by atoms with Crippen molar-refractivity contribution in [3.05, 3.63) is 16.9 Å². The zero-order valence-corrected chi connectivity index (χ0v) is 6.51. The third kappa shape index (κ3) is 1.59. The van der Waals surface area contributed by atoms with Gasteiger partial charge in [-0.15, -0.1) is 0 Å². The summed E-state index contributed by atoms with van der Waals surface area (Å²) in [6.45, 7) is -9.89. The lowest BCUT2D eigenvalue weighted by Crippen LogP contribution is -2.21. The average molecular weight is 212 g/mol. The minimum absolute atomic E-state index is 0.148. The molecule has 2 nitrogen and oxygen atoms in total. The number of halogens is 1. The van der Waals surface area contributed by atoms with Crippen LogP contribution in [0, 0.1) is 0 Å². The molecule has 0 spiro atoms. The second-order valence-electron chi connectivity index (χ2n) is 1.79. The molecule has 0 aliphatic carbocycles. The summed E-state index contributed by atoms with van der Waals surface area (Å²) in [6, 6.07) is 1.28. The van der Waals surface area contributed by atoms with Crippen molar-refractivity contribution < 1.29 is 12.3 Å². The maximum absolute atomic E-state index is 7.43. The molecule has 0 aliphatic rings. The first-order chi connectivity index (χ1) is 8.25. The van der Waals surface area contributed by atoms with E-state index in [9.17, 15) is 0 Å². The Morgan fingerprint density at radius 1 is 1.70 bits per heavy atom. The molecule has 10 heavy (non-hydrogen) atoms. The Labute approximate surface area is 82.0 Å². The molecular weight excluding hydrogens is 192 g/mol. The SMILES string of the molecule is [2H]C([2H])([2H])C(n1ccc(Br)n1)(C([2H])([2H])[2H])C([2H])([2H])[2H]. The standard InChI is InChI=1S/C7H11BrN2/c1-7(2,3)10-5-4-6(8)9-10/h4-5H,1-3H3/i1D3,2D3,3D3. The van der Waals surface area contributed by atoms with Crippen LogP contribution in [0.15, 0.2) is 16.9 Å². The monoisotopic (exact) mass is 211 g/mol. The zero-order chi connectivity index (χ0) is 15.3. The van der Waals surface area contributed by atoms with Gasteiger partial charge in [-0.3, -0.25) is 4.68 Å². The van der Waals surface area contributed by atoms with Crippen molar-refractivity contribution in [1.29, 1.82) is 0 Å². The molecule has 3 heteroatoms. The van der Waals surface area contributed by atoms with Crippen molar-refractivity contribution in [1.82, 2.24) is 9.78 Å². The molecule has 0 saturated carbocycles. The highest BCUT2D eigenvalue weighted by molar-refractivity contribution is 9.10. The zero-order valence-electron chi connectivity index (χ0n) is 13.9. The molecule has 1 aromatic heterocycles. The van der Waals surface area contributed by atoms with E-state index in [1.807, 2.05) is 0 Å². The smallest absolute Gasteiger partial charge is 0.128 e. The number of hydrogen-bond acceptors (Lipinski definition) is 1. The number of nitrogens with zero attached hydrogens (tertiary/aromatic N) is 2. The van der Waals surface area contributed by atoms with Crippen molar-refractivity contribution in [3.8, 4) is 0 Å². The Morgan fingerprint density at radius 3 is 2.80 bits per heavy atom. The fourth-order valence-corrected chi connectivity index (χ4v) is 0.778. The summed E-state index contributed by atoms with van der Waals surface area (Å²) in [7, 11) is 0. The van der Waals surface area contributed by atoms with Crippen molar-refractivity contribution in [3.63, 3.8) is 0 Å². The predicted molar refractivity (Wildman–Crippen MR) is 44.9 cm³/mol. The van der Waals surface area contributed by atoms with E-state index in [4.69, 9.17) is 12.3 Å². The first-order valence-corrected chi connectivity index (χ1v) is 3.26. The van der Waals surface area contributed by atoms with E-state index in [-0.39, 0.29) is 4.60 Å². The summed E-state index contributed by atoms with van der Waals surface area (Å²) in [5.74, 6) is 0. The molecule has 0 amide bonds. The van der Waals surface area contributed by atoms with Gasteiger partial charge < -0.3 is 0 Å². The van der Waals surface area contributed by atoms with Crippen LogP contribution in [0.25, 0.3) is 0 Å². The van der Waals surface area contributed by atoms with Crippen LogP contribution >= 0.6 is 15.9 Å². The third-order valence-corrected chi connectivity index (χ3v) is 1.32. The van der Waals surface area contributed by atoms with Gasteiger partial charge in [-0.25, -0.2) is 0 Å². The maximum Gasteiger partial charge on any atom is 0.128 e. The second kappa shape index (κ2) is 2.38. The number of rotatable bonds is 0. The van der Waals surface area contributed by atoms with Gasteiger partial charge in [-0.05, 0) is 42.6 Å². The molecule has 0 radical (unpaired) electrons. The van der Waals surface area contributed by atoms with Crippen LogP contribution in [-0.4, -0.2) is 9.78 Å². The highest BCUT2D eigenvalue weighted by Gasteiger charge is 2.12. The minimum atomic E-state index is -3.30. The molecule has 0 N–H and O–H groups in total. The molecule has 0 fully saturated rings. The van der Waals surface area contributed by atoms with E-state index in [0.29, 0.717) is 4.68 Å². The van der Waals surface area contributed by atoms with Crippen LogP contribution in [-0.2, 0) is 5.54 Å². The van der Waals surface area contributed by atoms with E-state index < -0.39 is 26.1 Å². The van der Waals surface area contributed by atoms with E-state index in [1.54, 1.807) is 0 Å². The molecule has 0 atom stereocenters. The highest BCUT2D eigenvalue weighted by atomic mass is 79.9. The quantitative estimate of drug-likeness (QED) is 0.645. The Balaban J connectivity index is 3.75. The van der Waals surface area contributed by atoms with Crippen molar-refractivity contribution in [2.75, 3.05) is 0 Å². The van der Waals surface area contributed by atoms with Crippen LogP contribution < -0.4 is 0 Å². The van der Waals surface area contributed by atoms with Gasteiger partial charge in [0.25, 0.3) is 0 Å². The number of hydrogen-bond donors (Lipinski definition) is 0. The molecule has 1 aromatic rings. The Kier molecular flexibility index (Phi) is 0.499. The third-order valence-electron chi connectivity index (χ3n) is 0.900. The summed E-state index contributed by atoms with van der Waals surface area (Å²) in [6.07, 6.45) is 1.02. The topological polar surface area (TPSA) is 17.8 Å². The van der Waals surface area contributed by atoms with Crippen molar-refractivity contribution >= 4 is 15.9 Å². The largest absolute Gasteiger partial charge is 0.266 e. The van der Waals surface area contributed by atoms with Gasteiger partial charge in [-0.1, -0.05) is 0 Å². The van der Waals surface area contributed by atoms with Gasteiger partial charge in [0.05, 0.1) is 5.54 Å². The van der Waals surface area contributed by atoms with Crippen LogP contribution in [0.2, 0.25) is 0 Å². The van der Waals surface area contributed by atoms with Gasteiger partial charge in [-0.2, -0.15) is 5.10 Å². The second-order valence-corrected chi connectivity index (χ2v) is 2.61. The molecule has 1 rings (SSSR count). The fraction of sp³-hybridized carbons (Fsp3) is 0.571. The predicted octanol–water partition coefficient (Wildman–Crippen LogP) is 2.40. The fourth-order valence-electron chi connectivity index (χ4n) is 0.488. The van der Waals surface area contributed by atoms with Gasteiger partial charge >= 0.3 is 0 Å². The molecule has 0 saturated heterocycles. The van der Waals surface area contributed by atoms with E-state index in [2.05, 4.69) is 21.0 Å². The van der Waals surface area contributed by atoms with Crippen LogP contribution in [0.4, 0.5) is 0 Å². The van der Waals surface area contributed by atoms with Gasteiger partial charge in [0.15, 0.2) is 0 Å². The van der Waals surface area contributed by atoms with Crippen LogP contribution in [0.1, 0.15) is 32.9 Å². The Morgan fingerprint density at radius 2 is 2.40 bits per heavy atom. The minimum Gasteiger partial charge on any atom is -0.266 e. The molecular formula is C7H11BrN2. The lowest BCUT2D eigenvalue weighted by Gasteiger charge is -2.18. The van der Waals surface area contributed by atoms with E-state index >= 15 is 0 Å². The molecule has 0 unspecified atom stereocenters. The lowest BCUT2D eigenvalue weighted by molar-refractivity contribution is 0.354. The van der Waals surface area contributed by atoms with Crippen LogP contribution in [0.3, 0.4) is 0 Å². The van der Waals surface area contributed by atoms with Gasteiger partial charge in [0.2, 0.25) is 0 Å². The summed E-state index contributed by atoms with van der Waals surface area (Å²) < 4.78 is 67.5. The number of aromatic nitrogens is 2. The summed E-state index contributed by atoms with van der Waals surface area (Å²) >= 11 is 2.94. The van der Waals surface area contributed by atoms with Gasteiger partial charge in [0.1, 0.15) is 4.60 Å². The summed E-state index contributed by atoms with van der Waals surface area (Å²) in [4.78, 5) is 0. The molecule has 0 aromatic carbocycles. The first kappa shape index (κ1) is 2.09. The van der Waals surface area contributed by atoms with Crippen molar-refractivity contribution in [2.24, 2.45) is 0 Å². The van der Waals surface area contributed by atoms with E-state index in [1.165, 1.54) is 6.07 Å². The Bertz CT molecular complexity index is 418. The van der Waals surface area contributed by atoms with Crippen molar-refractivity contribution in [2.45, 2.75) is 26.1 Å². The summed E-state index contributed by atoms with van der Waals surface area (Å²) in [5, 5.41) is 3.64. The average Bonchev–Trinajstić information content (AvgIpc) is 2.43. The lowest BCUT2D eigenvalue weighted by atomic mass is 10.1.